The van der Waals surface area contributed by atoms with Gasteiger partial charge in [-0.1, -0.05) is 18.2 Å². The third-order valence-electron chi connectivity index (χ3n) is 5.25. The summed E-state index contributed by atoms with van der Waals surface area (Å²) < 4.78 is 61.2. The number of piperidine rings is 1. The number of ether oxygens (including phenoxy) is 2. The van der Waals surface area contributed by atoms with Crippen molar-refractivity contribution >= 4 is 21.3 Å². The Morgan fingerprint density at radius 1 is 0.966 bits per heavy atom. The Kier molecular flexibility index (Phi) is 5.74. The lowest BCUT2D eigenvalue weighted by Crippen LogP contribution is -2.54. The van der Waals surface area contributed by atoms with Crippen LogP contribution in [-0.4, -0.2) is 57.8 Å². The Hall–Kier alpha value is -1.82. The molecule has 0 amide bonds. The van der Waals surface area contributed by atoms with Crippen LogP contribution in [0.4, 0.5) is 0 Å². The van der Waals surface area contributed by atoms with Crippen LogP contribution < -0.4 is 4.74 Å². The van der Waals surface area contributed by atoms with Crippen molar-refractivity contribution in [2.24, 2.45) is 0 Å². The Labute approximate surface area is 172 Å². The van der Waals surface area contributed by atoms with Gasteiger partial charge in [0.05, 0.1) is 11.5 Å². The molecule has 2 aromatic carbocycles. The second-order valence-corrected chi connectivity index (χ2v) is 9.76. The summed E-state index contributed by atoms with van der Waals surface area (Å²) in [5, 5.41) is 0. The molecular weight excluding hydrogens is 416 g/mol. The first-order chi connectivity index (χ1) is 13.9. The molecule has 2 fully saturated rings. The van der Waals surface area contributed by atoms with Crippen LogP contribution in [0.3, 0.4) is 0 Å². The zero-order valence-corrected chi connectivity index (χ0v) is 17.3. The molecule has 156 valence electrons. The van der Waals surface area contributed by atoms with Gasteiger partial charge in [-0.2, -0.15) is 8.61 Å². The zero-order valence-electron chi connectivity index (χ0n) is 15.6. The minimum atomic E-state index is -3.67. The number of sulfonamides is 1. The molecule has 2 aromatic rings. The minimum absolute atomic E-state index is 0.184. The summed E-state index contributed by atoms with van der Waals surface area (Å²) in [4.78, 5) is 0.184. The molecule has 0 aliphatic carbocycles. The van der Waals surface area contributed by atoms with E-state index in [0.717, 1.165) is 0 Å². The molecule has 2 aliphatic heterocycles. The van der Waals surface area contributed by atoms with E-state index in [2.05, 4.69) is 0 Å². The molecule has 2 aliphatic rings. The average Bonchev–Trinajstić information content (AvgIpc) is 3.13. The lowest BCUT2D eigenvalue weighted by molar-refractivity contribution is -0.0809. The smallest absolute Gasteiger partial charge is 0.243 e. The van der Waals surface area contributed by atoms with Crippen LogP contribution in [0, 0.1) is 0 Å². The largest absolute Gasteiger partial charge is 0.457 e. The first kappa shape index (κ1) is 20.5. The Balaban J connectivity index is 1.44. The lowest BCUT2D eigenvalue weighted by atomic mass is 10.0. The second kappa shape index (κ2) is 8.13. The first-order valence-electron chi connectivity index (χ1n) is 9.26. The molecule has 1 spiro atoms. The molecule has 10 heteroatoms. The molecule has 1 atom stereocenters. The summed E-state index contributed by atoms with van der Waals surface area (Å²) in [6.45, 7) is 1.16. The topological polar surface area (TPSA) is 96.4 Å². The maximum atomic E-state index is 13.0. The van der Waals surface area contributed by atoms with Crippen molar-refractivity contribution in [3.8, 4) is 11.5 Å². The third kappa shape index (κ3) is 4.09. The predicted molar refractivity (Wildman–Crippen MR) is 107 cm³/mol. The fourth-order valence-corrected chi connectivity index (χ4v) is 5.93. The van der Waals surface area contributed by atoms with E-state index >= 15 is 0 Å². The van der Waals surface area contributed by atoms with Crippen LogP contribution in [0.2, 0.25) is 0 Å². The van der Waals surface area contributed by atoms with Crippen molar-refractivity contribution in [3.63, 3.8) is 0 Å². The van der Waals surface area contributed by atoms with Gasteiger partial charge in [0, 0.05) is 32.5 Å². The fraction of sp³-hybridized carbons (Fsp3) is 0.368. The van der Waals surface area contributed by atoms with Crippen molar-refractivity contribution < 1.29 is 26.7 Å². The second-order valence-electron chi connectivity index (χ2n) is 6.92. The van der Waals surface area contributed by atoms with Crippen LogP contribution in [0.25, 0.3) is 0 Å². The normalized spacial score (nSPS) is 21.3. The van der Waals surface area contributed by atoms with Gasteiger partial charge in [0.25, 0.3) is 0 Å². The number of para-hydroxylation sites is 1. The van der Waals surface area contributed by atoms with Crippen LogP contribution in [0.5, 0.6) is 11.5 Å². The summed E-state index contributed by atoms with van der Waals surface area (Å²) >= 11 is -2.14. The highest BCUT2D eigenvalue weighted by atomic mass is 32.2. The van der Waals surface area contributed by atoms with E-state index in [4.69, 9.17) is 9.47 Å². The molecule has 8 nitrogen and oxygen atoms in total. The molecular formula is C19H22N2O6S2. The first-order valence-corrected chi connectivity index (χ1v) is 11.8. The number of rotatable bonds is 5. The highest BCUT2D eigenvalue weighted by Gasteiger charge is 2.48. The monoisotopic (exact) mass is 438 g/mol. The van der Waals surface area contributed by atoms with Gasteiger partial charge in [0.1, 0.15) is 17.2 Å². The van der Waals surface area contributed by atoms with Crippen molar-refractivity contribution in [1.29, 1.82) is 0 Å². The Morgan fingerprint density at radius 2 is 1.59 bits per heavy atom. The van der Waals surface area contributed by atoms with Crippen LogP contribution in [0.15, 0.2) is 59.5 Å². The van der Waals surface area contributed by atoms with Crippen LogP contribution in [0.1, 0.15) is 12.8 Å². The molecule has 2 heterocycles. The van der Waals surface area contributed by atoms with E-state index in [9.17, 15) is 17.2 Å². The fourth-order valence-electron chi connectivity index (χ4n) is 3.74. The van der Waals surface area contributed by atoms with Gasteiger partial charge in [0.2, 0.25) is 21.3 Å². The Bertz CT molecular complexity index is 974. The molecule has 0 radical (unpaired) electrons. The van der Waals surface area contributed by atoms with E-state index in [1.54, 1.807) is 12.1 Å². The third-order valence-corrected chi connectivity index (χ3v) is 8.06. The molecule has 0 bridgehead atoms. The van der Waals surface area contributed by atoms with Gasteiger partial charge in [-0.15, -0.1) is 0 Å². The van der Waals surface area contributed by atoms with Crippen LogP contribution in [-0.2, 0) is 26.0 Å². The van der Waals surface area contributed by atoms with E-state index < -0.39 is 27.0 Å². The number of hydrogen-bond donors (Lipinski definition) is 1. The maximum Gasteiger partial charge on any atom is 0.243 e. The summed E-state index contributed by atoms with van der Waals surface area (Å²) in [6.07, 6.45) is 0.682. The van der Waals surface area contributed by atoms with E-state index in [1.807, 2.05) is 30.3 Å². The van der Waals surface area contributed by atoms with Gasteiger partial charge >= 0.3 is 0 Å². The van der Waals surface area contributed by atoms with Crippen molar-refractivity contribution in [1.82, 2.24) is 8.61 Å². The van der Waals surface area contributed by atoms with Gasteiger partial charge in [-0.05, 0) is 36.4 Å². The summed E-state index contributed by atoms with van der Waals surface area (Å²) in [5.41, 5.74) is -0.862. The molecule has 1 N–H and O–H groups in total. The van der Waals surface area contributed by atoms with Crippen molar-refractivity contribution in [2.75, 3.05) is 26.2 Å². The summed E-state index contributed by atoms with van der Waals surface area (Å²) in [5.74, 6) is 1.22. The van der Waals surface area contributed by atoms with Crippen molar-refractivity contribution in [2.45, 2.75) is 23.5 Å². The number of hydrogen-bond acceptors (Lipinski definition) is 5. The molecule has 29 heavy (non-hydrogen) atoms. The summed E-state index contributed by atoms with van der Waals surface area (Å²) in [7, 11) is -3.67. The standard InChI is InChI=1S/C19H22N2O6S2/c22-28(23)21-14-15-26-19(21)10-12-20(13-11-19)29(24,25)18-8-6-17(7-9-18)27-16-4-2-1-3-5-16/h1-9H,10-15H2,(H,22,23). The number of nitrogens with zero attached hydrogens (tertiary/aromatic N) is 2. The Morgan fingerprint density at radius 3 is 2.21 bits per heavy atom. The zero-order chi connectivity index (χ0) is 20.5. The SMILES string of the molecule is O=S(O)N1CCOC12CCN(S(=O)(=O)c1ccc(Oc3ccccc3)cc1)CC2. The summed E-state index contributed by atoms with van der Waals surface area (Å²) in [6, 6.07) is 15.6. The predicted octanol–water partition coefficient (Wildman–Crippen LogP) is 2.43. The molecule has 0 aromatic heterocycles. The van der Waals surface area contributed by atoms with E-state index in [-0.39, 0.29) is 18.0 Å². The maximum absolute atomic E-state index is 13.0. The van der Waals surface area contributed by atoms with Gasteiger partial charge in [0.15, 0.2) is 0 Å². The highest BCUT2D eigenvalue weighted by molar-refractivity contribution is 7.89. The molecule has 2 saturated heterocycles. The lowest BCUT2D eigenvalue weighted by Gasteiger charge is -2.41. The molecule has 4 rings (SSSR count). The van der Waals surface area contributed by atoms with Gasteiger partial charge in [-0.3, -0.25) is 4.55 Å². The van der Waals surface area contributed by atoms with Crippen molar-refractivity contribution in [3.05, 3.63) is 54.6 Å². The molecule has 1 unspecified atom stereocenters. The minimum Gasteiger partial charge on any atom is -0.457 e. The average molecular weight is 439 g/mol. The van der Waals surface area contributed by atoms with Gasteiger partial charge in [-0.25, -0.2) is 12.6 Å². The van der Waals surface area contributed by atoms with Gasteiger partial charge < -0.3 is 9.47 Å². The number of benzene rings is 2. The highest BCUT2D eigenvalue weighted by Crippen LogP contribution is 2.36. The quantitative estimate of drug-likeness (QED) is 0.721. The van der Waals surface area contributed by atoms with Crippen LogP contribution >= 0.6 is 0 Å². The van der Waals surface area contributed by atoms with E-state index in [1.165, 1.54) is 20.7 Å². The van der Waals surface area contributed by atoms with E-state index in [0.29, 0.717) is 37.5 Å². The molecule has 0 saturated carbocycles.